The van der Waals surface area contributed by atoms with Gasteiger partial charge in [0.2, 0.25) is 0 Å². The predicted molar refractivity (Wildman–Crippen MR) is 95.8 cm³/mol. The minimum absolute atomic E-state index is 0.310. The van der Waals surface area contributed by atoms with Gasteiger partial charge in [-0.15, -0.1) is 5.10 Å². The summed E-state index contributed by atoms with van der Waals surface area (Å²) in [5.74, 6) is 1.69. The molecule has 6 nitrogen and oxygen atoms in total. The van der Waals surface area contributed by atoms with Gasteiger partial charge < -0.3 is 0 Å². The maximum absolute atomic E-state index is 4.41. The number of tetrazole rings is 1. The zero-order chi connectivity index (χ0) is 17.1. The zero-order valence-corrected chi connectivity index (χ0v) is 15.9. The molecule has 1 saturated carbocycles. The quantitative estimate of drug-likeness (QED) is 0.800. The maximum Gasteiger partial charge on any atom is 0.168 e. The second kappa shape index (κ2) is 7.91. The average molecular weight is 335 g/mol. The summed E-state index contributed by atoms with van der Waals surface area (Å²) in [6.45, 7) is 13.6. The molecule has 2 heterocycles. The molecule has 0 aromatic carbocycles. The van der Waals surface area contributed by atoms with Gasteiger partial charge in [0.25, 0.3) is 0 Å². The van der Waals surface area contributed by atoms with Crippen LogP contribution in [0.5, 0.6) is 0 Å². The van der Waals surface area contributed by atoms with Gasteiger partial charge in [-0.2, -0.15) is 0 Å². The van der Waals surface area contributed by atoms with Gasteiger partial charge in [0.05, 0.1) is 12.1 Å². The second-order valence-corrected chi connectivity index (χ2v) is 8.23. The summed E-state index contributed by atoms with van der Waals surface area (Å²) < 4.78 is 2.01. The van der Waals surface area contributed by atoms with E-state index in [9.17, 15) is 0 Å². The van der Waals surface area contributed by atoms with Crippen LogP contribution in [0, 0.1) is 5.92 Å². The third-order valence-corrected chi connectivity index (χ3v) is 5.63. The lowest BCUT2D eigenvalue weighted by atomic mass is 10.0. The normalized spacial score (nSPS) is 22.8. The Hall–Kier alpha value is -1.01. The van der Waals surface area contributed by atoms with Crippen LogP contribution in [0.2, 0.25) is 0 Å². The van der Waals surface area contributed by atoms with Crippen LogP contribution in [0.25, 0.3) is 0 Å². The van der Waals surface area contributed by atoms with Crippen molar-refractivity contribution in [1.82, 2.24) is 30.0 Å². The molecule has 0 amide bonds. The van der Waals surface area contributed by atoms with Crippen LogP contribution in [0.3, 0.4) is 0 Å². The Morgan fingerprint density at radius 2 is 1.67 bits per heavy atom. The minimum atomic E-state index is 0.310. The Kier molecular flexibility index (Phi) is 5.87. The van der Waals surface area contributed by atoms with Gasteiger partial charge in [0.15, 0.2) is 5.82 Å². The first-order valence-electron chi connectivity index (χ1n) is 9.82. The van der Waals surface area contributed by atoms with Crippen LogP contribution in [-0.4, -0.2) is 62.2 Å². The van der Waals surface area contributed by atoms with Crippen molar-refractivity contribution < 1.29 is 0 Å². The van der Waals surface area contributed by atoms with E-state index in [0.717, 1.165) is 31.4 Å². The first-order valence-corrected chi connectivity index (χ1v) is 9.82. The molecule has 0 bridgehead atoms. The van der Waals surface area contributed by atoms with E-state index >= 15 is 0 Å². The molecule has 1 aromatic heterocycles. The highest BCUT2D eigenvalue weighted by atomic mass is 15.6. The van der Waals surface area contributed by atoms with Gasteiger partial charge in [-0.25, -0.2) is 4.68 Å². The lowest BCUT2D eigenvalue weighted by Crippen LogP contribution is -2.51. The third-order valence-electron chi connectivity index (χ3n) is 5.63. The lowest BCUT2D eigenvalue weighted by molar-refractivity contribution is 0.0582. The Balaban J connectivity index is 1.69. The van der Waals surface area contributed by atoms with Crippen LogP contribution in [0.1, 0.15) is 77.7 Å². The smallest absolute Gasteiger partial charge is 0.168 e. The molecule has 1 unspecified atom stereocenters. The number of hydrogen-bond acceptors (Lipinski definition) is 5. The monoisotopic (exact) mass is 334 g/mol. The predicted octanol–water partition coefficient (Wildman–Crippen LogP) is 2.90. The second-order valence-electron chi connectivity index (χ2n) is 8.23. The van der Waals surface area contributed by atoms with Crippen LogP contribution < -0.4 is 0 Å². The highest BCUT2D eigenvalue weighted by molar-refractivity contribution is 4.97. The van der Waals surface area contributed by atoms with E-state index in [4.69, 9.17) is 0 Å². The summed E-state index contributed by atoms with van der Waals surface area (Å²) in [5, 5.41) is 12.6. The first-order chi connectivity index (χ1) is 11.6. The fraction of sp³-hybridized carbons (Fsp3) is 0.944. The summed E-state index contributed by atoms with van der Waals surface area (Å²) in [4.78, 5) is 5.34. The topological polar surface area (TPSA) is 50.1 Å². The molecule has 2 aliphatic rings. The van der Waals surface area contributed by atoms with E-state index in [1.165, 1.54) is 38.8 Å². The highest BCUT2D eigenvalue weighted by Gasteiger charge is 2.32. The van der Waals surface area contributed by atoms with Crippen molar-refractivity contribution >= 4 is 0 Å². The number of piperazine rings is 1. The van der Waals surface area contributed by atoms with Gasteiger partial charge in [-0.05, 0) is 49.5 Å². The lowest BCUT2D eigenvalue weighted by Gasteiger charge is -2.41. The van der Waals surface area contributed by atoms with E-state index in [0.29, 0.717) is 18.0 Å². The molecule has 1 aliphatic heterocycles. The van der Waals surface area contributed by atoms with E-state index in [2.05, 4.69) is 53.0 Å². The molecular weight excluding hydrogens is 300 g/mol. The van der Waals surface area contributed by atoms with Crippen LogP contribution in [0.15, 0.2) is 0 Å². The van der Waals surface area contributed by atoms with Crippen molar-refractivity contribution in [2.24, 2.45) is 5.92 Å². The van der Waals surface area contributed by atoms with Gasteiger partial charge in [0, 0.05) is 32.2 Å². The number of rotatable bonds is 6. The number of aromatic nitrogens is 4. The van der Waals surface area contributed by atoms with Gasteiger partial charge >= 0.3 is 0 Å². The van der Waals surface area contributed by atoms with Crippen LogP contribution >= 0.6 is 0 Å². The number of nitrogens with zero attached hydrogens (tertiary/aromatic N) is 6. The fourth-order valence-corrected chi connectivity index (χ4v) is 4.34. The third kappa shape index (κ3) is 3.97. The molecule has 136 valence electrons. The molecule has 3 rings (SSSR count). The van der Waals surface area contributed by atoms with Crippen molar-refractivity contribution in [3.63, 3.8) is 0 Å². The largest absolute Gasteiger partial charge is 0.298 e. The average Bonchev–Trinajstić information content (AvgIpc) is 3.24. The molecule has 0 spiro atoms. The Bertz CT molecular complexity index is 497. The molecule has 1 saturated heterocycles. The Morgan fingerprint density at radius 1 is 1.00 bits per heavy atom. The fourth-order valence-electron chi connectivity index (χ4n) is 4.34. The summed E-state index contributed by atoms with van der Waals surface area (Å²) in [6.07, 6.45) is 6.77. The molecule has 0 N–H and O–H groups in total. The standard InChI is InChI=1S/C18H34N6/c1-14(2)13-17(18-19-20-21-24(18)15(3)4)23-11-9-22(10-12-23)16-7-5-6-8-16/h14-17H,5-13H2,1-4H3. The van der Waals surface area contributed by atoms with Crippen LogP contribution in [-0.2, 0) is 0 Å². The van der Waals surface area contributed by atoms with Gasteiger partial charge in [0.1, 0.15) is 0 Å². The number of hydrogen-bond donors (Lipinski definition) is 0. The van der Waals surface area contributed by atoms with Crippen molar-refractivity contribution in [3.8, 4) is 0 Å². The summed E-state index contributed by atoms with van der Waals surface area (Å²) in [7, 11) is 0. The summed E-state index contributed by atoms with van der Waals surface area (Å²) >= 11 is 0. The SMILES string of the molecule is CC(C)CC(c1nnnn1C(C)C)N1CCN(C2CCCC2)CC1. The van der Waals surface area contributed by atoms with Gasteiger partial charge in [-0.1, -0.05) is 26.7 Å². The Morgan fingerprint density at radius 3 is 2.25 bits per heavy atom. The molecule has 1 atom stereocenters. The van der Waals surface area contributed by atoms with Crippen molar-refractivity contribution in [2.45, 2.75) is 77.9 Å². The molecule has 0 radical (unpaired) electrons. The van der Waals surface area contributed by atoms with Crippen molar-refractivity contribution in [3.05, 3.63) is 5.82 Å². The first kappa shape index (κ1) is 17.8. The molecular formula is C18H34N6. The summed E-state index contributed by atoms with van der Waals surface area (Å²) in [6, 6.07) is 1.49. The molecule has 6 heteroatoms. The van der Waals surface area contributed by atoms with E-state index in [1.54, 1.807) is 0 Å². The van der Waals surface area contributed by atoms with E-state index < -0.39 is 0 Å². The highest BCUT2D eigenvalue weighted by Crippen LogP contribution is 2.30. The zero-order valence-electron chi connectivity index (χ0n) is 15.9. The molecule has 1 aromatic rings. The van der Waals surface area contributed by atoms with E-state index in [-0.39, 0.29) is 0 Å². The summed E-state index contributed by atoms with van der Waals surface area (Å²) in [5.41, 5.74) is 0. The van der Waals surface area contributed by atoms with Crippen molar-refractivity contribution in [1.29, 1.82) is 0 Å². The molecule has 2 fully saturated rings. The maximum atomic E-state index is 4.41. The Labute approximate surface area is 146 Å². The van der Waals surface area contributed by atoms with Crippen molar-refractivity contribution in [2.75, 3.05) is 26.2 Å². The molecule has 24 heavy (non-hydrogen) atoms. The van der Waals surface area contributed by atoms with E-state index in [1.807, 2.05) is 4.68 Å². The van der Waals surface area contributed by atoms with Crippen LogP contribution in [0.4, 0.5) is 0 Å². The molecule has 1 aliphatic carbocycles. The van der Waals surface area contributed by atoms with Gasteiger partial charge in [-0.3, -0.25) is 9.80 Å². The minimum Gasteiger partial charge on any atom is -0.298 e.